The Bertz CT molecular complexity index is 1170. The molecule has 6 atom stereocenters. The fourth-order valence-electron chi connectivity index (χ4n) is 6.32. The van der Waals surface area contributed by atoms with Crippen LogP contribution in [-0.4, -0.2) is 17.8 Å². The highest BCUT2D eigenvalue weighted by Gasteiger charge is 2.67. The average Bonchev–Trinajstić information content (AvgIpc) is 3.57. The number of anilines is 1. The Hall–Kier alpha value is -3.21. The normalized spacial score (nSPS) is 31.1. The van der Waals surface area contributed by atoms with E-state index in [0.717, 1.165) is 17.5 Å². The van der Waals surface area contributed by atoms with Gasteiger partial charge in [-0.25, -0.2) is 4.79 Å². The molecule has 5 heteroatoms. The summed E-state index contributed by atoms with van der Waals surface area (Å²) in [7, 11) is 0. The minimum atomic E-state index is -0.455. The summed E-state index contributed by atoms with van der Waals surface area (Å²) in [6.45, 7) is 6.08. The summed E-state index contributed by atoms with van der Waals surface area (Å²) in [6.07, 6.45) is 5.49. The topological polar surface area (TPSA) is 63.7 Å². The van der Waals surface area contributed by atoms with E-state index in [9.17, 15) is 14.4 Å². The van der Waals surface area contributed by atoms with Gasteiger partial charge in [0.15, 0.2) is 0 Å². The maximum Gasteiger partial charge on any atom is 0.343 e. The molecule has 5 nitrogen and oxygen atoms in total. The SMILES string of the molecule is Cc1ccc(C(C)C)c(OC(=O)c2ccc(N3C(=O)C4C5C=CC(C6CC56)C4C3=O)cc2)c1. The average molecular weight is 442 g/mol. The number of hydrogen-bond donors (Lipinski definition) is 0. The number of benzene rings is 2. The standard InChI is InChI=1S/C28H27NO4/c1-14(2)18-9-4-15(3)12-23(18)33-28(32)16-5-7-17(8-6-16)29-26(30)24-19-10-11-20(22-13-21(19)22)25(24)27(29)31/h4-12,14,19-22,24-25H,13H2,1-3H3. The molecule has 0 spiro atoms. The van der Waals surface area contributed by atoms with Crippen LogP contribution >= 0.6 is 0 Å². The zero-order chi connectivity index (χ0) is 23.0. The Kier molecular flexibility index (Phi) is 4.42. The molecule has 6 unspecified atom stereocenters. The summed E-state index contributed by atoms with van der Waals surface area (Å²) in [5, 5.41) is 0. The van der Waals surface area contributed by atoms with Crippen LogP contribution in [0.15, 0.2) is 54.6 Å². The number of allylic oxidation sites excluding steroid dienone is 2. The van der Waals surface area contributed by atoms with Crippen LogP contribution in [0.3, 0.4) is 0 Å². The number of esters is 1. The van der Waals surface area contributed by atoms with E-state index in [-0.39, 0.29) is 41.4 Å². The fourth-order valence-corrected chi connectivity index (χ4v) is 6.32. The van der Waals surface area contributed by atoms with Crippen molar-refractivity contribution in [2.75, 3.05) is 4.90 Å². The van der Waals surface area contributed by atoms with Gasteiger partial charge in [-0.05, 0) is 84.4 Å². The second kappa shape index (κ2) is 7.14. The van der Waals surface area contributed by atoms with E-state index in [2.05, 4.69) is 26.0 Å². The zero-order valence-corrected chi connectivity index (χ0v) is 19.0. The van der Waals surface area contributed by atoms with Gasteiger partial charge in [0.1, 0.15) is 5.75 Å². The molecule has 7 rings (SSSR count). The molecular formula is C28H27NO4. The molecule has 0 N–H and O–H groups in total. The molecule has 4 aliphatic carbocycles. The van der Waals surface area contributed by atoms with Gasteiger partial charge in [-0.3, -0.25) is 14.5 Å². The predicted octanol–water partition coefficient (Wildman–Crippen LogP) is 4.90. The van der Waals surface area contributed by atoms with Gasteiger partial charge in [0.25, 0.3) is 0 Å². The first-order valence-corrected chi connectivity index (χ1v) is 11.8. The predicted molar refractivity (Wildman–Crippen MR) is 124 cm³/mol. The molecule has 168 valence electrons. The van der Waals surface area contributed by atoms with Crippen molar-refractivity contribution in [3.8, 4) is 5.75 Å². The Morgan fingerprint density at radius 1 is 0.939 bits per heavy atom. The number of carbonyl (C=O) groups is 3. The van der Waals surface area contributed by atoms with Crippen molar-refractivity contribution in [2.45, 2.75) is 33.1 Å². The lowest BCUT2D eigenvalue weighted by Gasteiger charge is -2.37. The summed E-state index contributed by atoms with van der Waals surface area (Å²) in [4.78, 5) is 40.7. The lowest BCUT2D eigenvalue weighted by Crippen LogP contribution is -2.40. The molecule has 1 saturated heterocycles. The van der Waals surface area contributed by atoms with E-state index in [1.807, 2.05) is 25.1 Å². The number of rotatable bonds is 4. The van der Waals surface area contributed by atoms with Crippen molar-refractivity contribution in [3.05, 3.63) is 71.3 Å². The van der Waals surface area contributed by atoms with Crippen LogP contribution in [0.1, 0.15) is 47.7 Å². The van der Waals surface area contributed by atoms with E-state index in [1.54, 1.807) is 24.3 Å². The minimum absolute atomic E-state index is 0.0913. The first kappa shape index (κ1) is 20.4. The van der Waals surface area contributed by atoms with E-state index in [1.165, 1.54) is 4.90 Å². The van der Waals surface area contributed by atoms with E-state index < -0.39 is 5.97 Å². The van der Waals surface area contributed by atoms with Gasteiger partial charge in [0.2, 0.25) is 11.8 Å². The van der Waals surface area contributed by atoms with E-state index >= 15 is 0 Å². The van der Waals surface area contributed by atoms with Crippen LogP contribution in [0.4, 0.5) is 5.69 Å². The molecular weight excluding hydrogens is 414 g/mol. The summed E-state index contributed by atoms with van der Waals surface area (Å²) >= 11 is 0. The highest BCUT2D eigenvalue weighted by molar-refractivity contribution is 6.22. The number of imide groups is 1. The van der Waals surface area contributed by atoms with Crippen LogP contribution in [-0.2, 0) is 9.59 Å². The quantitative estimate of drug-likeness (QED) is 0.293. The molecule has 0 aromatic heterocycles. The van der Waals surface area contributed by atoms with Crippen molar-refractivity contribution in [3.63, 3.8) is 0 Å². The number of amides is 2. The number of ether oxygens (including phenoxy) is 1. The third kappa shape index (κ3) is 3.01. The number of nitrogens with zero attached hydrogens (tertiary/aromatic N) is 1. The second-order valence-electron chi connectivity index (χ2n) is 10.3. The van der Waals surface area contributed by atoms with Gasteiger partial charge in [-0.1, -0.05) is 38.1 Å². The largest absolute Gasteiger partial charge is 0.423 e. The molecule has 0 radical (unpaired) electrons. The number of carbonyl (C=O) groups excluding carboxylic acids is 3. The third-order valence-electron chi connectivity index (χ3n) is 8.02. The second-order valence-corrected chi connectivity index (χ2v) is 10.3. The van der Waals surface area contributed by atoms with Gasteiger partial charge >= 0.3 is 5.97 Å². The third-order valence-corrected chi connectivity index (χ3v) is 8.02. The smallest absolute Gasteiger partial charge is 0.343 e. The molecule has 33 heavy (non-hydrogen) atoms. The number of hydrogen-bond acceptors (Lipinski definition) is 4. The summed E-state index contributed by atoms with van der Waals surface area (Å²) in [5.74, 6) is 1.25. The summed E-state index contributed by atoms with van der Waals surface area (Å²) in [5.41, 5.74) is 2.91. The van der Waals surface area contributed by atoms with E-state index in [4.69, 9.17) is 4.74 Å². The molecule has 1 heterocycles. The van der Waals surface area contributed by atoms with Crippen LogP contribution in [0.2, 0.25) is 0 Å². The Labute approximate surface area is 193 Å². The van der Waals surface area contributed by atoms with Crippen molar-refractivity contribution in [2.24, 2.45) is 35.5 Å². The maximum absolute atomic E-state index is 13.3. The van der Waals surface area contributed by atoms with Gasteiger partial charge in [-0.15, -0.1) is 0 Å². The van der Waals surface area contributed by atoms with Crippen LogP contribution in [0, 0.1) is 42.4 Å². The molecule has 2 saturated carbocycles. The van der Waals surface area contributed by atoms with Gasteiger partial charge in [0, 0.05) is 0 Å². The van der Waals surface area contributed by atoms with Gasteiger partial charge < -0.3 is 4.74 Å². The molecule has 2 aromatic rings. The minimum Gasteiger partial charge on any atom is -0.423 e. The van der Waals surface area contributed by atoms with Crippen molar-refractivity contribution in [1.82, 2.24) is 0 Å². The highest BCUT2D eigenvalue weighted by atomic mass is 16.5. The van der Waals surface area contributed by atoms with Crippen molar-refractivity contribution >= 4 is 23.5 Å². The summed E-state index contributed by atoms with van der Waals surface area (Å²) < 4.78 is 5.72. The Morgan fingerprint density at radius 3 is 2.12 bits per heavy atom. The van der Waals surface area contributed by atoms with E-state index in [0.29, 0.717) is 28.8 Å². The first-order chi connectivity index (χ1) is 15.8. The lowest BCUT2D eigenvalue weighted by atomic mass is 9.63. The molecule has 2 aromatic carbocycles. The molecule has 3 fully saturated rings. The van der Waals surface area contributed by atoms with Crippen molar-refractivity contribution < 1.29 is 19.1 Å². The molecule has 2 bridgehead atoms. The molecule has 1 aliphatic heterocycles. The van der Waals surface area contributed by atoms with Crippen LogP contribution < -0.4 is 9.64 Å². The first-order valence-electron chi connectivity index (χ1n) is 11.8. The maximum atomic E-state index is 13.3. The van der Waals surface area contributed by atoms with Crippen molar-refractivity contribution in [1.29, 1.82) is 0 Å². The lowest BCUT2D eigenvalue weighted by molar-refractivity contribution is -0.124. The zero-order valence-electron chi connectivity index (χ0n) is 19.0. The highest BCUT2D eigenvalue weighted by Crippen LogP contribution is 2.65. The van der Waals surface area contributed by atoms with Crippen LogP contribution in [0.5, 0.6) is 5.75 Å². The molecule has 2 amide bonds. The monoisotopic (exact) mass is 441 g/mol. The molecule has 5 aliphatic rings. The van der Waals surface area contributed by atoms with Gasteiger partial charge in [-0.2, -0.15) is 0 Å². The Morgan fingerprint density at radius 2 is 1.55 bits per heavy atom. The Balaban J connectivity index is 1.23. The fraction of sp³-hybridized carbons (Fsp3) is 0.393. The van der Waals surface area contributed by atoms with Gasteiger partial charge in [0.05, 0.1) is 23.1 Å². The summed E-state index contributed by atoms with van der Waals surface area (Å²) in [6, 6.07) is 12.5. The number of aryl methyl sites for hydroxylation is 1. The van der Waals surface area contributed by atoms with Crippen LogP contribution in [0.25, 0.3) is 0 Å².